The van der Waals surface area contributed by atoms with Crippen molar-refractivity contribution in [1.29, 1.82) is 0 Å². The van der Waals surface area contributed by atoms with Crippen LogP contribution >= 0.6 is 0 Å². The Morgan fingerprint density at radius 2 is 1.92 bits per heavy atom. The van der Waals surface area contributed by atoms with E-state index in [1.807, 2.05) is 25.1 Å². The second-order valence-electron chi connectivity index (χ2n) is 7.70. The topological polar surface area (TPSA) is 89.9 Å². The van der Waals surface area contributed by atoms with Gasteiger partial charge < -0.3 is 20.4 Å². The van der Waals surface area contributed by atoms with Gasteiger partial charge in [0.25, 0.3) is 0 Å². The van der Waals surface area contributed by atoms with Crippen molar-refractivity contribution in [3.05, 3.63) is 35.9 Å². The molecule has 2 aliphatic rings. The zero-order valence-electron chi connectivity index (χ0n) is 15.3. The molecule has 2 unspecified atom stereocenters. The van der Waals surface area contributed by atoms with Crippen molar-refractivity contribution in [2.75, 3.05) is 26.2 Å². The number of aliphatic hydroxyl groups excluding tert-OH is 1. The van der Waals surface area contributed by atoms with Crippen molar-refractivity contribution < 1.29 is 19.8 Å². The number of hydrogen-bond donors (Lipinski definition) is 3. The van der Waals surface area contributed by atoms with Crippen LogP contribution in [0.2, 0.25) is 0 Å². The van der Waals surface area contributed by atoms with Gasteiger partial charge in [0.2, 0.25) is 11.8 Å². The summed E-state index contributed by atoms with van der Waals surface area (Å²) in [6.45, 7) is 2.60. The van der Waals surface area contributed by atoms with Crippen molar-refractivity contribution >= 4 is 11.8 Å². The molecule has 2 fully saturated rings. The number of likely N-dealkylation sites (tertiary alicyclic amines) is 1. The number of benzene rings is 1. The van der Waals surface area contributed by atoms with Gasteiger partial charge in [-0.2, -0.15) is 0 Å². The summed E-state index contributed by atoms with van der Waals surface area (Å²) in [4.78, 5) is 26.8. The van der Waals surface area contributed by atoms with Crippen LogP contribution in [0.5, 0.6) is 0 Å². The predicted molar refractivity (Wildman–Crippen MR) is 97.4 cm³/mol. The van der Waals surface area contributed by atoms with E-state index in [2.05, 4.69) is 5.32 Å². The average Bonchev–Trinajstić information content (AvgIpc) is 3.37. The van der Waals surface area contributed by atoms with Gasteiger partial charge in [-0.15, -0.1) is 0 Å². The molecule has 6 heteroatoms. The SMILES string of the molecule is CCC1(C(=O)N2CCC(O)(CNC(=O)C(CO)c3ccccc3)C2)CC1. The van der Waals surface area contributed by atoms with E-state index in [0.717, 1.165) is 24.8 Å². The Bertz CT molecular complexity index is 659. The molecule has 0 spiro atoms. The molecule has 1 saturated heterocycles. The van der Waals surface area contributed by atoms with Gasteiger partial charge in [0.05, 0.1) is 19.1 Å². The smallest absolute Gasteiger partial charge is 0.229 e. The lowest BCUT2D eigenvalue weighted by atomic mass is 9.98. The minimum atomic E-state index is -1.11. The Kier molecular flexibility index (Phi) is 5.34. The molecule has 1 aliphatic carbocycles. The van der Waals surface area contributed by atoms with Crippen LogP contribution in [0, 0.1) is 5.41 Å². The molecule has 26 heavy (non-hydrogen) atoms. The van der Waals surface area contributed by atoms with E-state index in [1.165, 1.54) is 0 Å². The van der Waals surface area contributed by atoms with E-state index in [0.29, 0.717) is 13.0 Å². The minimum Gasteiger partial charge on any atom is -0.395 e. The molecule has 0 bridgehead atoms. The number of carbonyl (C=O) groups is 2. The molecular formula is C20H28N2O4. The van der Waals surface area contributed by atoms with E-state index >= 15 is 0 Å². The van der Waals surface area contributed by atoms with Gasteiger partial charge in [-0.05, 0) is 31.2 Å². The summed E-state index contributed by atoms with van der Waals surface area (Å²) in [6, 6.07) is 9.09. The number of hydrogen-bond acceptors (Lipinski definition) is 4. The fourth-order valence-corrected chi connectivity index (χ4v) is 3.78. The van der Waals surface area contributed by atoms with Gasteiger partial charge in [-0.25, -0.2) is 0 Å². The van der Waals surface area contributed by atoms with Gasteiger partial charge >= 0.3 is 0 Å². The molecule has 2 atom stereocenters. The number of nitrogens with one attached hydrogen (secondary N) is 1. The minimum absolute atomic E-state index is 0.0814. The van der Waals surface area contributed by atoms with E-state index in [-0.39, 0.29) is 36.9 Å². The first-order valence-electron chi connectivity index (χ1n) is 9.38. The predicted octanol–water partition coefficient (Wildman–Crippen LogP) is 1.03. The first kappa shape index (κ1) is 18.9. The summed E-state index contributed by atoms with van der Waals surface area (Å²) < 4.78 is 0. The molecule has 142 valence electrons. The number of nitrogens with zero attached hydrogens (tertiary/aromatic N) is 1. The highest BCUT2D eigenvalue weighted by atomic mass is 16.3. The first-order valence-corrected chi connectivity index (χ1v) is 9.38. The number of carbonyl (C=O) groups excluding carboxylic acids is 2. The van der Waals surface area contributed by atoms with Crippen LogP contribution < -0.4 is 5.32 Å². The molecular weight excluding hydrogens is 332 g/mol. The summed E-state index contributed by atoms with van der Waals surface area (Å²) in [5.74, 6) is -0.836. The van der Waals surface area contributed by atoms with Crippen LogP contribution in [-0.2, 0) is 9.59 Å². The molecule has 1 aromatic rings. The number of amides is 2. The zero-order valence-corrected chi connectivity index (χ0v) is 15.3. The zero-order chi connectivity index (χ0) is 18.8. The van der Waals surface area contributed by atoms with Gasteiger partial charge in [-0.3, -0.25) is 9.59 Å². The summed E-state index contributed by atoms with van der Waals surface area (Å²) >= 11 is 0. The lowest BCUT2D eigenvalue weighted by Crippen LogP contribution is -2.47. The summed E-state index contributed by atoms with van der Waals surface area (Å²) in [7, 11) is 0. The van der Waals surface area contributed by atoms with Crippen LogP contribution in [0.4, 0.5) is 0 Å². The van der Waals surface area contributed by atoms with Gasteiger partial charge in [0, 0.05) is 18.5 Å². The highest BCUT2D eigenvalue weighted by Gasteiger charge is 2.52. The normalized spacial score (nSPS) is 25.0. The molecule has 1 aliphatic heterocycles. The molecule has 1 aromatic carbocycles. The average molecular weight is 360 g/mol. The fraction of sp³-hybridized carbons (Fsp3) is 0.600. The number of aliphatic hydroxyl groups is 2. The first-order chi connectivity index (χ1) is 12.4. The second kappa shape index (κ2) is 7.37. The monoisotopic (exact) mass is 360 g/mol. The summed E-state index contributed by atoms with van der Waals surface area (Å²) in [6.07, 6.45) is 3.16. The lowest BCUT2D eigenvalue weighted by molar-refractivity contribution is -0.137. The van der Waals surface area contributed by atoms with Crippen LogP contribution in [0.25, 0.3) is 0 Å². The van der Waals surface area contributed by atoms with Gasteiger partial charge in [0.15, 0.2) is 0 Å². The Balaban J connectivity index is 1.55. The number of β-amino-alcohol motifs (C(OH)–C–C–N with tert-alkyl or cyclic N) is 1. The fourth-order valence-electron chi connectivity index (χ4n) is 3.78. The lowest BCUT2D eigenvalue weighted by Gasteiger charge is -2.26. The highest BCUT2D eigenvalue weighted by molar-refractivity contribution is 5.86. The highest BCUT2D eigenvalue weighted by Crippen LogP contribution is 2.50. The molecule has 3 rings (SSSR count). The Morgan fingerprint density at radius 1 is 1.23 bits per heavy atom. The molecule has 1 heterocycles. The molecule has 2 amide bonds. The Morgan fingerprint density at radius 3 is 2.50 bits per heavy atom. The maximum atomic E-state index is 12.6. The molecule has 0 radical (unpaired) electrons. The van der Waals surface area contributed by atoms with Crippen LogP contribution in [-0.4, -0.2) is 58.8 Å². The summed E-state index contributed by atoms with van der Waals surface area (Å²) in [5.41, 5.74) is -0.573. The third-order valence-electron chi connectivity index (χ3n) is 5.90. The van der Waals surface area contributed by atoms with Gasteiger partial charge in [0.1, 0.15) is 5.60 Å². The largest absolute Gasteiger partial charge is 0.395 e. The molecule has 3 N–H and O–H groups in total. The van der Waals surface area contributed by atoms with Crippen LogP contribution in [0.1, 0.15) is 44.1 Å². The van der Waals surface area contributed by atoms with E-state index in [9.17, 15) is 19.8 Å². The van der Waals surface area contributed by atoms with Crippen molar-refractivity contribution in [3.8, 4) is 0 Å². The van der Waals surface area contributed by atoms with Crippen LogP contribution in [0.15, 0.2) is 30.3 Å². The molecule has 6 nitrogen and oxygen atoms in total. The van der Waals surface area contributed by atoms with Gasteiger partial charge in [-0.1, -0.05) is 37.3 Å². The van der Waals surface area contributed by atoms with Crippen molar-refractivity contribution in [2.24, 2.45) is 5.41 Å². The Hall–Kier alpha value is -1.92. The quantitative estimate of drug-likeness (QED) is 0.678. The maximum Gasteiger partial charge on any atom is 0.229 e. The number of rotatable bonds is 7. The van der Waals surface area contributed by atoms with Crippen molar-refractivity contribution in [3.63, 3.8) is 0 Å². The van der Waals surface area contributed by atoms with Crippen molar-refractivity contribution in [2.45, 2.75) is 44.1 Å². The molecule has 0 aromatic heterocycles. The molecule has 1 saturated carbocycles. The van der Waals surface area contributed by atoms with E-state index < -0.39 is 11.5 Å². The summed E-state index contributed by atoms with van der Waals surface area (Å²) in [5, 5.41) is 23.1. The van der Waals surface area contributed by atoms with Crippen molar-refractivity contribution in [1.82, 2.24) is 10.2 Å². The van der Waals surface area contributed by atoms with E-state index in [1.54, 1.807) is 17.0 Å². The third-order valence-corrected chi connectivity index (χ3v) is 5.90. The second-order valence-corrected chi connectivity index (χ2v) is 7.70. The maximum absolute atomic E-state index is 12.6. The standard InChI is InChI=1S/C20H28N2O4/c1-2-19(8-9-19)18(25)22-11-10-20(26,14-22)13-21-17(24)16(12-23)15-6-4-3-5-7-15/h3-7,16,23,26H,2,8-14H2,1H3,(H,21,24). The Labute approximate surface area is 154 Å². The van der Waals surface area contributed by atoms with Crippen LogP contribution in [0.3, 0.4) is 0 Å². The van der Waals surface area contributed by atoms with E-state index in [4.69, 9.17) is 0 Å². The third kappa shape index (κ3) is 3.76.